The molecular weight excluding hydrogens is 362 g/mol. The number of halogens is 1. The summed E-state index contributed by atoms with van der Waals surface area (Å²) in [6.07, 6.45) is 2.44. The normalized spacial score (nSPS) is 15.7. The summed E-state index contributed by atoms with van der Waals surface area (Å²) in [7, 11) is -0.198. The zero-order chi connectivity index (χ0) is 17.7. The Hall–Kier alpha value is -1.15. The number of carbonyl (C=O) groups is 1. The van der Waals surface area contributed by atoms with Gasteiger partial charge in [-0.2, -0.15) is 4.31 Å². The number of amides is 1. The maximum atomic E-state index is 13.0. The molecule has 2 rings (SSSR count). The summed E-state index contributed by atoms with van der Waals surface area (Å²) < 4.78 is 27.7. The van der Waals surface area contributed by atoms with Gasteiger partial charge in [-0.3, -0.25) is 4.79 Å². The molecule has 1 aromatic carbocycles. The average Bonchev–Trinajstić information content (AvgIpc) is 2.59. The van der Waals surface area contributed by atoms with Crippen LogP contribution in [0.4, 0.5) is 0 Å². The molecule has 25 heavy (non-hydrogen) atoms. The maximum absolute atomic E-state index is 13.0. The van der Waals surface area contributed by atoms with Crippen molar-refractivity contribution in [2.75, 3.05) is 33.7 Å². The zero-order valence-corrected chi connectivity index (χ0v) is 16.7. The lowest BCUT2D eigenvalue weighted by Gasteiger charge is -2.33. The molecular formula is C17H28ClN3O3S. The van der Waals surface area contributed by atoms with Crippen LogP contribution in [0.15, 0.2) is 29.2 Å². The van der Waals surface area contributed by atoms with Crippen molar-refractivity contribution in [3.8, 4) is 0 Å². The molecule has 1 aliphatic heterocycles. The van der Waals surface area contributed by atoms with Crippen LogP contribution in [0.1, 0.15) is 36.5 Å². The molecule has 0 spiro atoms. The summed E-state index contributed by atoms with van der Waals surface area (Å²) in [5.74, 6) is -0.136. The third-order valence-corrected chi connectivity index (χ3v) is 6.24. The first-order valence-electron chi connectivity index (χ1n) is 8.42. The molecule has 0 unspecified atom stereocenters. The number of rotatable bonds is 6. The number of nitrogens with zero attached hydrogens (tertiary/aromatic N) is 2. The van der Waals surface area contributed by atoms with E-state index >= 15 is 0 Å². The van der Waals surface area contributed by atoms with E-state index in [1.54, 1.807) is 30.5 Å². The third-order valence-electron chi connectivity index (χ3n) is 4.27. The summed E-state index contributed by atoms with van der Waals surface area (Å²) in [5, 5.41) is 3.27. The number of piperidine rings is 1. The summed E-state index contributed by atoms with van der Waals surface area (Å²) in [6, 6.07) is 6.29. The van der Waals surface area contributed by atoms with Crippen molar-refractivity contribution in [3.63, 3.8) is 0 Å². The van der Waals surface area contributed by atoms with Crippen molar-refractivity contribution >= 4 is 28.3 Å². The van der Waals surface area contributed by atoms with E-state index in [-0.39, 0.29) is 29.3 Å². The largest absolute Gasteiger partial charge is 0.345 e. The SMILES string of the molecule is CCCN(C1CCNCC1)S(=O)(=O)c1ccc(C(=O)N(C)C)cc1.Cl. The summed E-state index contributed by atoms with van der Waals surface area (Å²) >= 11 is 0. The fraction of sp³-hybridized carbons (Fsp3) is 0.588. The highest BCUT2D eigenvalue weighted by molar-refractivity contribution is 7.89. The molecule has 1 saturated heterocycles. The van der Waals surface area contributed by atoms with Crippen LogP contribution in [0.5, 0.6) is 0 Å². The summed E-state index contributed by atoms with van der Waals surface area (Å²) in [6.45, 7) is 4.20. The van der Waals surface area contributed by atoms with Gasteiger partial charge >= 0.3 is 0 Å². The van der Waals surface area contributed by atoms with Gasteiger partial charge in [0, 0.05) is 32.2 Å². The first-order chi connectivity index (χ1) is 11.4. The van der Waals surface area contributed by atoms with Gasteiger partial charge < -0.3 is 10.2 Å². The molecule has 8 heteroatoms. The maximum Gasteiger partial charge on any atom is 0.253 e. The van der Waals surface area contributed by atoms with Crippen LogP contribution in [0.25, 0.3) is 0 Å². The minimum Gasteiger partial charge on any atom is -0.345 e. The van der Waals surface area contributed by atoms with E-state index in [4.69, 9.17) is 0 Å². The number of benzene rings is 1. The molecule has 142 valence electrons. The Bertz CT molecular complexity index is 656. The van der Waals surface area contributed by atoms with E-state index in [1.807, 2.05) is 6.92 Å². The smallest absolute Gasteiger partial charge is 0.253 e. The van der Waals surface area contributed by atoms with Gasteiger partial charge in [-0.05, 0) is 56.6 Å². The summed E-state index contributed by atoms with van der Waals surface area (Å²) in [4.78, 5) is 13.7. The Morgan fingerprint density at radius 3 is 2.20 bits per heavy atom. The van der Waals surface area contributed by atoms with Gasteiger partial charge in [0.2, 0.25) is 10.0 Å². The van der Waals surface area contributed by atoms with Crippen LogP contribution in [-0.2, 0) is 10.0 Å². The van der Waals surface area contributed by atoms with Gasteiger partial charge in [0.15, 0.2) is 0 Å². The first-order valence-corrected chi connectivity index (χ1v) is 9.86. The zero-order valence-electron chi connectivity index (χ0n) is 15.1. The van der Waals surface area contributed by atoms with E-state index in [9.17, 15) is 13.2 Å². The Morgan fingerprint density at radius 2 is 1.72 bits per heavy atom. The van der Waals surface area contributed by atoms with Crippen molar-refractivity contribution in [1.29, 1.82) is 0 Å². The van der Waals surface area contributed by atoms with Gasteiger partial charge in [-0.15, -0.1) is 12.4 Å². The predicted octanol–water partition coefficient (Wildman–Crippen LogP) is 1.96. The topological polar surface area (TPSA) is 69.7 Å². The van der Waals surface area contributed by atoms with Crippen molar-refractivity contribution in [2.24, 2.45) is 0 Å². The minimum absolute atomic E-state index is 0. The van der Waals surface area contributed by atoms with Crippen molar-refractivity contribution in [3.05, 3.63) is 29.8 Å². The van der Waals surface area contributed by atoms with E-state index in [1.165, 1.54) is 17.0 Å². The van der Waals surface area contributed by atoms with Crippen LogP contribution in [0, 0.1) is 0 Å². The van der Waals surface area contributed by atoms with Gasteiger partial charge in [0.25, 0.3) is 5.91 Å². The van der Waals surface area contributed by atoms with Crippen molar-refractivity contribution in [2.45, 2.75) is 37.1 Å². The second kappa shape index (κ2) is 9.52. The standard InChI is InChI=1S/C17H27N3O3S.ClH/c1-4-13-20(15-9-11-18-12-10-15)24(22,23)16-7-5-14(6-8-16)17(21)19(2)3;/h5-8,15,18H,4,9-13H2,1-3H3;1H. The molecule has 1 fully saturated rings. The highest BCUT2D eigenvalue weighted by Gasteiger charge is 2.31. The monoisotopic (exact) mass is 389 g/mol. The third kappa shape index (κ3) is 5.17. The highest BCUT2D eigenvalue weighted by Crippen LogP contribution is 2.23. The molecule has 0 saturated carbocycles. The second-order valence-electron chi connectivity index (χ2n) is 6.32. The summed E-state index contributed by atoms with van der Waals surface area (Å²) in [5.41, 5.74) is 0.489. The molecule has 1 aromatic rings. The molecule has 0 atom stereocenters. The highest BCUT2D eigenvalue weighted by atomic mass is 35.5. The van der Waals surface area contributed by atoms with Gasteiger partial charge in [-0.1, -0.05) is 6.92 Å². The Balaban J connectivity index is 0.00000312. The lowest BCUT2D eigenvalue weighted by molar-refractivity contribution is 0.0827. The van der Waals surface area contributed by atoms with Gasteiger partial charge in [0.05, 0.1) is 4.90 Å². The van der Waals surface area contributed by atoms with Crippen LogP contribution in [-0.4, -0.2) is 63.3 Å². The number of hydrogen-bond donors (Lipinski definition) is 1. The number of hydrogen-bond acceptors (Lipinski definition) is 4. The molecule has 1 aliphatic rings. The van der Waals surface area contributed by atoms with Crippen LogP contribution in [0.2, 0.25) is 0 Å². The molecule has 0 bridgehead atoms. The number of carbonyl (C=O) groups excluding carboxylic acids is 1. The molecule has 1 N–H and O–H groups in total. The quantitative estimate of drug-likeness (QED) is 0.807. The molecule has 0 aromatic heterocycles. The van der Waals surface area contributed by atoms with Crippen molar-refractivity contribution in [1.82, 2.24) is 14.5 Å². The number of sulfonamides is 1. The van der Waals surface area contributed by atoms with E-state index in [0.717, 1.165) is 32.4 Å². The van der Waals surface area contributed by atoms with E-state index < -0.39 is 10.0 Å². The van der Waals surface area contributed by atoms with Gasteiger partial charge in [-0.25, -0.2) is 8.42 Å². The second-order valence-corrected chi connectivity index (χ2v) is 8.21. The van der Waals surface area contributed by atoms with E-state index in [0.29, 0.717) is 12.1 Å². The van der Waals surface area contributed by atoms with Crippen LogP contribution < -0.4 is 5.32 Å². The average molecular weight is 390 g/mol. The molecule has 1 amide bonds. The van der Waals surface area contributed by atoms with Gasteiger partial charge in [0.1, 0.15) is 0 Å². The molecule has 0 aliphatic carbocycles. The lowest BCUT2D eigenvalue weighted by atomic mass is 10.1. The minimum atomic E-state index is -3.54. The lowest BCUT2D eigenvalue weighted by Crippen LogP contribution is -2.46. The fourth-order valence-electron chi connectivity index (χ4n) is 2.98. The predicted molar refractivity (Wildman–Crippen MR) is 102 cm³/mol. The Morgan fingerprint density at radius 1 is 1.16 bits per heavy atom. The Kier molecular flexibility index (Phi) is 8.34. The Labute approximate surface area is 157 Å². The molecule has 0 radical (unpaired) electrons. The molecule has 1 heterocycles. The first kappa shape index (κ1) is 21.9. The fourth-order valence-corrected chi connectivity index (χ4v) is 4.75. The van der Waals surface area contributed by atoms with Crippen LogP contribution in [0.3, 0.4) is 0 Å². The molecule has 6 nitrogen and oxygen atoms in total. The van der Waals surface area contributed by atoms with E-state index in [2.05, 4.69) is 5.32 Å². The van der Waals surface area contributed by atoms with Crippen LogP contribution >= 0.6 is 12.4 Å². The van der Waals surface area contributed by atoms with Crippen molar-refractivity contribution < 1.29 is 13.2 Å². The number of nitrogens with one attached hydrogen (secondary N) is 1.